The molecule has 1 aliphatic heterocycles. The van der Waals surface area contributed by atoms with E-state index in [1.807, 2.05) is 42.5 Å². The van der Waals surface area contributed by atoms with Crippen molar-refractivity contribution < 1.29 is 22.7 Å². The average molecular weight is 550 g/mol. The number of carbonyl (C=O) groups is 2. The number of sulfonamides is 1. The summed E-state index contributed by atoms with van der Waals surface area (Å²) in [6, 6.07) is 21.5. The normalized spacial score (nSPS) is 16.8. The van der Waals surface area contributed by atoms with Crippen molar-refractivity contribution in [2.24, 2.45) is 5.92 Å². The fraction of sp³-hybridized carbons (Fsp3) is 0.367. The Kier molecular flexibility index (Phi) is 10.2. The second kappa shape index (κ2) is 14.0. The molecule has 1 aromatic heterocycles. The van der Waals surface area contributed by atoms with Gasteiger partial charge in [-0.2, -0.15) is 4.31 Å². The number of esters is 1. The second-order valence-electron chi connectivity index (χ2n) is 9.79. The third kappa shape index (κ3) is 8.46. The highest BCUT2D eigenvalue weighted by atomic mass is 32.2. The molecule has 1 fully saturated rings. The molecular formula is C30H35N3O5S. The van der Waals surface area contributed by atoms with Crippen LogP contribution in [-0.2, 0) is 43.1 Å². The number of carbonyl (C=O) groups excluding carboxylic acids is 2. The summed E-state index contributed by atoms with van der Waals surface area (Å²) in [6.45, 7) is 0.474. The molecule has 3 aromatic rings. The number of nitrogens with one attached hydrogen (secondary N) is 1. The average Bonchev–Trinajstić information content (AvgIpc) is 2.97. The number of hydrogen-bond donors (Lipinski definition) is 1. The summed E-state index contributed by atoms with van der Waals surface area (Å²) in [5.41, 5.74) is 2.62. The van der Waals surface area contributed by atoms with Crippen molar-refractivity contribution in [2.75, 3.05) is 13.2 Å². The Morgan fingerprint density at radius 3 is 2.33 bits per heavy atom. The minimum Gasteiger partial charge on any atom is -0.464 e. The molecule has 8 nitrogen and oxygen atoms in total. The zero-order valence-electron chi connectivity index (χ0n) is 21.9. The molecular weight excluding hydrogens is 514 g/mol. The Balaban J connectivity index is 1.41. The van der Waals surface area contributed by atoms with Gasteiger partial charge in [0.05, 0.1) is 11.7 Å². The van der Waals surface area contributed by atoms with Gasteiger partial charge in [-0.1, -0.05) is 66.7 Å². The van der Waals surface area contributed by atoms with Crippen molar-refractivity contribution in [3.63, 3.8) is 0 Å². The zero-order chi connectivity index (χ0) is 27.5. The number of ether oxygens (including phenoxy) is 1. The van der Waals surface area contributed by atoms with Crippen LogP contribution in [0, 0.1) is 5.92 Å². The highest BCUT2D eigenvalue weighted by Crippen LogP contribution is 2.24. The van der Waals surface area contributed by atoms with Crippen molar-refractivity contribution >= 4 is 21.9 Å². The number of hydrogen-bond acceptors (Lipinski definition) is 6. The van der Waals surface area contributed by atoms with E-state index < -0.39 is 28.0 Å². The highest BCUT2D eigenvalue weighted by Gasteiger charge is 2.38. The molecule has 2 heterocycles. The van der Waals surface area contributed by atoms with Gasteiger partial charge in [0, 0.05) is 25.5 Å². The molecule has 9 heteroatoms. The Morgan fingerprint density at radius 2 is 1.64 bits per heavy atom. The molecule has 0 radical (unpaired) electrons. The first-order valence-corrected chi connectivity index (χ1v) is 14.9. The summed E-state index contributed by atoms with van der Waals surface area (Å²) in [5.74, 6) is -1.58. The fourth-order valence-electron chi connectivity index (χ4n) is 4.73. The summed E-state index contributed by atoms with van der Waals surface area (Å²) in [4.78, 5) is 30.4. The number of rotatable bonds is 12. The van der Waals surface area contributed by atoms with Crippen LogP contribution in [0.2, 0.25) is 0 Å². The van der Waals surface area contributed by atoms with E-state index in [9.17, 15) is 18.0 Å². The van der Waals surface area contributed by atoms with Crippen LogP contribution >= 0.6 is 0 Å². The monoisotopic (exact) mass is 549 g/mol. The van der Waals surface area contributed by atoms with Gasteiger partial charge in [-0.15, -0.1) is 0 Å². The van der Waals surface area contributed by atoms with Gasteiger partial charge in [-0.3, -0.25) is 14.6 Å². The quantitative estimate of drug-likeness (QED) is 0.344. The van der Waals surface area contributed by atoms with Gasteiger partial charge in [0.25, 0.3) is 0 Å². The smallest absolute Gasteiger partial charge is 0.324 e. The van der Waals surface area contributed by atoms with E-state index in [2.05, 4.69) is 10.3 Å². The van der Waals surface area contributed by atoms with Crippen molar-refractivity contribution in [2.45, 2.75) is 50.4 Å². The van der Waals surface area contributed by atoms with Crippen LogP contribution in [0.3, 0.4) is 0 Å². The van der Waals surface area contributed by atoms with Gasteiger partial charge in [-0.25, -0.2) is 8.42 Å². The molecule has 1 saturated heterocycles. The lowest BCUT2D eigenvalue weighted by Crippen LogP contribution is -2.49. The lowest BCUT2D eigenvalue weighted by atomic mass is 9.99. The minimum absolute atomic E-state index is 0.117. The molecule has 1 N–H and O–H groups in total. The molecule has 1 unspecified atom stereocenters. The number of pyridine rings is 1. The predicted octanol–water partition coefficient (Wildman–Crippen LogP) is 3.87. The van der Waals surface area contributed by atoms with Crippen LogP contribution in [0.4, 0.5) is 0 Å². The molecule has 206 valence electrons. The largest absolute Gasteiger partial charge is 0.464 e. The van der Waals surface area contributed by atoms with E-state index >= 15 is 0 Å². The lowest BCUT2D eigenvalue weighted by Gasteiger charge is -2.33. The van der Waals surface area contributed by atoms with Gasteiger partial charge >= 0.3 is 5.97 Å². The van der Waals surface area contributed by atoms with Gasteiger partial charge in [-0.05, 0) is 54.9 Å². The third-order valence-electron chi connectivity index (χ3n) is 6.89. The van der Waals surface area contributed by atoms with E-state index in [0.717, 1.165) is 17.5 Å². The van der Waals surface area contributed by atoms with E-state index in [1.165, 1.54) is 4.31 Å². The van der Waals surface area contributed by atoms with Crippen molar-refractivity contribution in [3.05, 3.63) is 102 Å². The number of aromatic nitrogens is 1. The van der Waals surface area contributed by atoms with E-state index in [0.29, 0.717) is 37.8 Å². The summed E-state index contributed by atoms with van der Waals surface area (Å²) in [6.07, 6.45) is 6.30. The van der Waals surface area contributed by atoms with Crippen molar-refractivity contribution in [1.29, 1.82) is 0 Å². The molecule has 0 aliphatic carbocycles. The molecule has 39 heavy (non-hydrogen) atoms. The van der Waals surface area contributed by atoms with Crippen molar-refractivity contribution in [3.8, 4) is 0 Å². The number of aryl methyl sites for hydroxylation is 1. The molecule has 2 atom stereocenters. The van der Waals surface area contributed by atoms with Gasteiger partial charge in [0.2, 0.25) is 15.9 Å². The van der Waals surface area contributed by atoms with E-state index in [4.69, 9.17) is 4.74 Å². The summed E-state index contributed by atoms with van der Waals surface area (Å²) >= 11 is 0. The Morgan fingerprint density at radius 1 is 0.949 bits per heavy atom. The van der Waals surface area contributed by atoms with Crippen LogP contribution < -0.4 is 5.32 Å². The number of piperidine rings is 1. The second-order valence-corrected chi connectivity index (χ2v) is 11.7. The van der Waals surface area contributed by atoms with E-state index in [-0.39, 0.29) is 24.8 Å². The summed E-state index contributed by atoms with van der Waals surface area (Å²) in [5, 5.41) is 2.92. The first-order chi connectivity index (χ1) is 18.9. The SMILES string of the molecule is O=C(NCc1cccnc1)C(CCc1ccccc1)COC(=O)[C@H]1CCCCN1S(=O)(=O)Cc1ccccc1. The summed E-state index contributed by atoms with van der Waals surface area (Å²) in [7, 11) is -3.72. The molecule has 0 bridgehead atoms. The molecule has 0 spiro atoms. The molecule has 2 aromatic carbocycles. The van der Waals surface area contributed by atoms with Gasteiger partial charge < -0.3 is 10.1 Å². The molecule has 1 amide bonds. The standard InChI is InChI=1S/C30H35N3O5S/c34-29(32-21-26-14-9-18-31-20-26)27(17-16-24-10-3-1-4-11-24)22-38-30(35)28-15-7-8-19-33(28)39(36,37)23-25-12-5-2-6-13-25/h1-6,9-14,18,20,27-28H,7-8,15-17,19,21-23H2,(H,32,34)/t27?,28-/m1/s1. The van der Waals surface area contributed by atoms with Crippen LogP contribution in [0.25, 0.3) is 0 Å². The van der Waals surface area contributed by atoms with E-state index in [1.54, 1.807) is 42.7 Å². The topological polar surface area (TPSA) is 106 Å². The van der Waals surface area contributed by atoms with Crippen molar-refractivity contribution in [1.82, 2.24) is 14.6 Å². The molecule has 0 saturated carbocycles. The predicted molar refractivity (Wildman–Crippen MR) is 149 cm³/mol. The maximum atomic E-state index is 13.2. The van der Waals surface area contributed by atoms with Crippen LogP contribution in [0.15, 0.2) is 85.2 Å². The highest BCUT2D eigenvalue weighted by molar-refractivity contribution is 7.88. The number of benzene rings is 2. The third-order valence-corrected chi connectivity index (χ3v) is 8.74. The maximum absolute atomic E-state index is 13.2. The fourth-order valence-corrected chi connectivity index (χ4v) is 6.50. The first-order valence-electron chi connectivity index (χ1n) is 13.3. The zero-order valence-corrected chi connectivity index (χ0v) is 22.8. The molecule has 4 rings (SSSR count). The number of amides is 1. The Hall–Kier alpha value is -3.56. The minimum atomic E-state index is -3.72. The van der Waals surface area contributed by atoms with Crippen LogP contribution in [-0.4, -0.2) is 48.8 Å². The number of nitrogens with zero attached hydrogens (tertiary/aromatic N) is 2. The maximum Gasteiger partial charge on any atom is 0.324 e. The Labute approximate surface area is 230 Å². The Bertz CT molecular complexity index is 1300. The molecule has 1 aliphatic rings. The van der Waals surface area contributed by atoms with Crippen LogP contribution in [0.5, 0.6) is 0 Å². The first kappa shape index (κ1) is 28.4. The lowest BCUT2D eigenvalue weighted by molar-refractivity contribution is -0.151. The van der Waals surface area contributed by atoms with Gasteiger partial charge in [0.15, 0.2) is 0 Å². The van der Waals surface area contributed by atoms with Gasteiger partial charge in [0.1, 0.15) is 12.6 Å². The summed E-state index contributed by atoms with van der Waals surface area (Å²) < 4.78 is 33.4. The van der Waals surface area contributed by atoms with Crippen LogP contribution in [0.1, 0.15) is 42.4 Å².